The lowest BCUT2D eigenvalue weighted by molar-refractivity contribution is 0.181. The minimum absolute atomic E-state index is 0.185. The molecule has 0 unspecified atom stereocenters. The molecule has 2 aromatic rings. The number of hydrogen-bond donors (Lipinski definition) is 0. The molecule has 0 radical (unpaired) electrons. The summed E-state index contributed by atoms with van der Waals surface area (Å²) in [7, 11) is 0. The van der Waals surface area contributed by atoms with Crippen LogP contribution in [0.1, 0.15) is 17.0 Å². The molecular formula is C19H17NO2. The summed E-state index contributed by atoms with van der Waals surface area (Å²) >= 11 is 0. The predicted octanol–water partition coefficient (Wildman–Crippen LogP) is 4.62. The molecule has 110 valence electrons. The fourth-order valence-corrected chi connectivity index (χ4v) is 2.26. The minimum atomic E-state index is -0.414. The second-order valence-corrected chi connectivity index (χ2v) is 5.21. The van der Waals surface area contributed by atoms with Gasteiger partial charge in [0.15, 0.2) is 0 Å². The molecule has 1 amide bonds. The molecule has 0 aliphatic carbocycles. The van der Waals surface area contributed by atoms with Crippen molar-refractivity contribution in [2.75, 3.05) is 0 Å². The first-order valence-electron chi connectivity index (χ1n) is 7.21. The summed E-state index contributed by atoms with van der Waals surface area (Å²) < 4.78 is 5.33. The third-order valence-corrected chi connectivity index (χ3v) is 3.53. The lowest BCUT2D eigenvalue weighted by Gasteiger charge is -2.20. The molecule has 22 heavy (non-hydrogen) atoms. The van der Waals surface area contributed by atoms with Crippen molar-refractivity contribution in [2.24, 2.45) is 0 Å². The number of allylic oxidation sites excluding steroid dienone is 2. The number of nitrogens with zero attached hydrogens (tertiary/aromatic N) is 1. The van der Waals surface area contributed by atoms with Gasteiger partial charge in [-0.05, 0) is 24.6 Å². The van der Waals surface area contributed by atoms with Crippen LogP contribution in [-0.4, -0.2) is 11.0 Å². The highest BCUT2D eigenvalue weighted by atomic mass is 16.6. The van der Waals surface area contributed by atoms with Crippen molar-refractivity contribution in [3.8, 4) is 5.75 Å². The monoisotopic (exact) mass is 291 g/mol. The summed E-state index contributed by atoms with van der Waals surface area (Å²) in [4.78, 5) is 13.5. The van der Waals surface area contributed by atoms with E-state index in [9.17, 15) is 4.79 Å². The molecule has 0 fully saturated rings. The summed E-state index contributed by atoms with van der Waals surface area (Å²) in [6.45, 7) is 1.99. The van der Waals surface area contributed by atoms with E-state index in [4.69, 9.17) is 4.74 Å². The van der Waals surface area contributed by atoms with Crippen LogP contribution in [0.15, 0.2) is 79.1 Å². The molecule has 3 nitrogen and oxygen atoms in total. The van der Waals surface area contributed by atoms with Crippen molar-refractivity contribution in [3.05, 3.63) is 90.3 Å². The van der Waals surface area contributed by atoms with Crippen LogP contribution in [0.25, 0.3) is 0 Å². The standard InChI is InChI=1S/C19H17NO2/c1-15-7-9-18(10-8-15)22-19(21)20-13-11-17(12-14-20)16-5-3-2-4-6-16/h2-14,17H,1H3. The summed E-state index contributed by atoms with van der Waals surface area (Å²) in [5.41, 5.74) is 2.32. The van der Waals surface area contributed by atoms with Crippen LogP contribution in [0.2, 0.25) is 0 Å². The molecular weight excluding hydrogens is 274 g/mol. The number of rotatable bonds is 2. The molecule has 1 heterocycles. The summed E-state index contributed by atoms with van der Waals surface area (Å²) in [6.07, 6.45) is 7.03. The van der Waals surface area contributed by atoms with Crippen molar-refractivity contribution < 1.29 is 9.53 Å². The Labute approximate surface area is 130 Å². The van der Waals surface area contributed by atoms with Gasteiger partial charge in [-0.15, -0.1) is 0 Å². The summed E-state index contributed by atoms with van der Waals surface area (Å²) in [5.74, 6) is 0.729. The largest absolute Gasteiger partial charge is 0.423 e. The zero-order valence-corrected chi connectivity index (χ0v) is 12.3. The van der Waals surface area contributed by atoms with E-state index in [1.807, 2.05) is 49.4 Å². The van der Waals surface area contributed by atoms with Crippen molar-refractivity contribution in [1.29, 1.82) is 0 Å². The second-order valence-electron chi connectivity index (χ2n) is 5.21. The molecule has 1 aliphatic rings. The zero-order valence-electron chi connectivity index (χ0n) is 12.3. The van der Waals surface area contributed by atoms with Crippen LogP contribution in [0.3, 0.4) is 0 Å². The first-order valence-corrected chi connectivity index (χ1v) is 7.21. The number of amides is 1. The van der Waals surface area contributed by atoms with E-state index in [0.29, 0.717) is 5.75 Å². The van der Waals surface area contributed by atoms with Gasteiger partial charge in [-0.1, -0.05) is 60.2 Å². The van der Waals surface area contributed by atoms with Crippen LogP contribution in [-0.2, 0) is 0 Å². The quantitative estimate of drug-likeness (QED) is 0.808. The van der Waals surface area contributed by atoms with E-state index < -0.39 is 6.09 Å². The van der Waals surface area contributed by atoms with E-state index in [0.717, 1.165) is 5.56 Å². The summed E-state index contributed by atoms with van der Waals surface area (Å²) in [5, 5.41) is 0. The number of benzene rings is 2. The summed E-state index contributed by atoms with van der Waals surface area (Å²) in [6, 6.07) is 17.6. The van der Waals surface area contributed by atoms with Crippen LogP contribution in [0.4, 0.5) is 4.79 Å². The maximum absolute atomic E-state index is 12.1. The molecule has 0 saturated carbocycles. The van der Waals surface area contributed by atoms with E-state index in [1.165, 1.54) is 10.5 Å². The van der Waals surface area contributed by atoms with Gasteiger partial charge < -0.3 is 4.74 Å². The van der Waals surface area contributed by atoms with Gasteiger partial charge in [0.25, 0.3) is 0 Å². The fourth-order valence-electron chi connectivity index (χ4n) is 2.26. The van der Waals surface area contributed by atoms with E-state index in [-0.39, 0.29) is 5.92 Å². The number of aryl methyl sites for hydroxylation is 1. The average Bonchev–Trinajstić information content (AvgIpc) is 2.58. The normalized spacial score (nSPS) is 14.1. The molecule has 1 aliphatic heterocycles. The molecule has 0 spiro atoms. The smallest absolute Gasteiger partial charge is 0.410 e. The van der Waals surface area contributed by atoms with Crippen molar-refractivity contribution >= 4 is 6.09 Å². The second kappa shape index (κ2) is 6.31. The lowest BCUT2D eigenvalue weighted by Crippen LogP contribution is -2.25. The lowest BCUT2D eigenvalue weighted by atomic mass is 9.98. The number of carbonyl (C=O) groups excluding carboxylic acids is 1. The van der Waals surface area contributed by atoms with Crippen molar-refractivity contribution in [2.45, 2.75) is 12.8 Å². The maximum atomic E-state index is 12.1. The highest BCUT2D eigenvalue weighted by molar-refractivity contribution is 5.73. The first kappa shape index (κ1) is 14.1. The van der Waals surface area contributed by atoms with Gasteiger partial charge in [0.1, 0.15) is 5.75 Å². The third-order valence-electron chi connectivity index (χ3n) is 3.53. The van der Waals surface area contributed by atoms with Gasteiger partial charge >= 0.3 is 6.09 Å². The maximum Gasteiger partial charge on any atom is 0.423 e. The van der Waals surface area contributed by atoms with Gasteiger partial charge in [0.05, 0.1) is 0 Å². The third kappa shape index (κ3) is 3.26. The molecule has 3 rings (SSSR count). The molecule has 0 saturated heterocycles. The Hall–Kier alpha value is -2.81. The van der Waals surface area contributed by atoms with Crippen LogP contribution in [0.5, 0.6) is 5.75 Å². The molecule has 0 atom stereocenters. The Kier molecular flexibility index (Phi) is 4.05. The van der Waals surface area contributed by atoms with E-state index in [1.54, 1.807) is 24.5 Å². The molecule has 3 heteroatoms. The van der Waals surface area contributed by atoms with E-state index in [2.05, 4.69) is 12.1 Å². The van der Waals surface area contributed by atoms with Crippen LogP contribution in [0, 0.1) is 6.92 Å². The molecule has 2 aromatic carbocycles. The van der Waals surface area contributed by atoms with Crippen LogP contribution < -0.4 is 4.74 Å². The Bertz CT molecular complexity index is 688. The molecule has 0 aromatic heterocycles. The fraction of sp³-hybridized carbons (Fsp3) is 0.105. The van der Waals surface area contributed by atoms with E-state index >= 15 is 0 Å². The van der Waals surface area contributed by atoms with Gasteiger partial charge in [-0.25, -0.2) is 4.79 Å². The number of ether oxygens (including phenoxy) is 1. The Balaban J connectivity index is 1.64. The number of hydrogen-bond acceptors (Lipinski definition) is 2. The highest BCUT2D eigenvalue weighted by Crippen LogP contribution is 2.23. The van der Waals surface area contributed by atoms with Gasteiger partial charge in [0, 0.05) is 18.3 Å². The Morgan fingerprint density at radius 1 is 0.955 bits per heavy atom. The van der Waals surface area contributed by atoms with Crippen molar-refractivity contribution in [1.82, 2.24) is 4.90 Å². The minimum Gasteiger partial charge on any atom is -0.410 e. The predicted molar refractivity (Wildman–Crippen MR) is 86.5 cm³/mol. The zero-order chi connectivity index (χ0) is 15.4. The Morgan fingerprint density at radius 3 is 2.23 bits per heavy atom. The van der Waals surface area contributed by atoms with Crippen LogP contribution >= 0.6 is 0 Å². The van der Waals surface area contributed by atoms with Gasteiger partial charge in [-0.2, -0.15) is 0 Å². The van der Waals surface area contributed by atoms with Crippen molar-refractivity contribution in [3.63, 3.8) is 0 Å². The Morgan fingerprint density at radius 2 is 1.59 bits per heavy atom. The van der Waals surface area contributed by atoms with Gasteiger partial charge in [-0.3, -0.25) is 4.90 Å². The topological polar surface area (TPSA) is 29.5 Å². The van der Waals surface area contributed by atoms with Gasteiger partial charge in [0.2, 0.25) is 0 Å². The SMILES string of the molecule is Cc1ccc(OC(=O)N2C=CC(c3ccccc3)C=C2)cc1. The number of carbonyl (C=O) groups is 1. The first-order chi connectivity index (χ1) is 10.7. The highest BCUT2D eigenvalue weighted by Gasteiger charge is 2.15. The molecule has 0 N–H and O–H groups in total. The average molecular weight is 291 g/mol. The molecule has 0 bridgehead atoms.